The first-order valence-corrected chi connectivity index (χ1v) is 10.8. The van der Waals surface area contributed by atoms with E-state index in [9.17, 15) is 0 Å². The molecule has 0 aliphatic rings. The molecule has 0 radical (unpaired) electrons. The van der Waals surface area contributed by atoms with E-state index >= 15 is 0 Å². The van der Waals surface area contributed by atoms with Crippen LogP contribution >= 0.6 is 0 Å². The minimum atomic E-state index is -0.923. The number of nitrogens with zero attached hydrogens (tertiary/aromatic N) is 2. The van der Waals surface area contributed by atoms with Crippen molar-refractivity contribution in [1.29, 1.82) is 0 Å². The lowest BCUT2D eigenvalue weighted by Crippen LogP contribution is -2.56. The zero-order valence-corrected chi connectivity index (χ0v) is 15.1. The topological polar surface area (TPSA) is 6.48 Å². The van der Waals surface area contributed by atoms with Crippen molar-refractivity contribution in [3.8, 4) is 0 Å². The number of rotatable bonds is 12. The van der Waals surface area contributed by atoms with Crippen molar-refractivity contribution in [2.75, 3.05) is 26.2 Å². The Morgan fingerprint density at radius 3 is 1.37 bits per heavy atom. The third-order valence-corrected chi connectivity index (χ3v) is 6.16. The van der Waals surface area contributed by atoms with Crippen LogP contribution in [0.1, 0.15) is 53.4 Å². The van der Waals surface area contributed by atoms with Crippen molar-refractivity contribution in [1.82, 2.24) is 9.80 Å². The van der Waals surface area contributed by atoms with E-state index in [0.29, 0.717) is 5.79 Å². The van der Waals surface area contributed by atoms with Crippen LogP contribution in [0.15, 0.2) is 12.3 Å². The van der Waals surface area contributed by atoms with Gasteiger partial charge in [-0.2, -0.15) is 0 Å². The van der Waals surface area contributed by atoms with E-state index in [1.54, 1.807) is 0 Å². The minimum Gasteiger partial charge on any atom is -0.291 e. The second-order valence-corrected chi connectivity index (χ2v) is 8.37. The monoisotopic (exact) mass is 284 g/mol. The largest absolute Gasteiger partial charge is 0.291 e. The summed E-state index contributed by atoms with van der Waals surface area (Å²) in [5.74, 6) is 0.664. The minimum absolute atomic E-state index is 0.664. The third kappa shape index (κ3) is 6.73. The van der Waals surface area contributed by atoms with Crippen LogP contribution in [0.25, 0.3) is 0 Å². The smallest absolute Gasteiger partial charge is 0.0948 e. The summed E-state index contributed by atoms with van der Waals surface area (Å²) >= 11 is 0. The number of hydrogen-bond acceptors (Lipinski definition) is 2. The number of hydrogen-bond donors (Lipinski definition) is 0. The molecule has 0 aliphatic heterocycles. The van der Waals surface area contributed by atoms with Crippen molar-refractivity contribution in [2.45, 2.75) is 65.7 Å². The summed E-state index contributed by atoms with van der Waals surface area (Å²) in [6, 6.07) is 0. The van der Waals surface area contributed by atoms with Gasteiger partial charge in [0.2, 0.25) is 0 Å². The molecule has 0 aromatic carbocycles. The van der Waals surface area contributed by atoms with E-state index in [1.165, 1.54) is 51.9 Å². The van der Waals surface area contributed by atoms with Crippen molar-refractivity contribution >= 4 is 8.80 Å². The van der Waals surface area contributed by atoms with Gasteiger partial charge in [-0.3, -0.25) is 9.80 Å². The summed E-state index contributed by atoms with van der Waals surface area (Å²) in [5, 5.41) is 0. The van der Waals surface area contributed by atoms with Gasteiger partial charge in [-0.25, -0.2) is 0 Å². The molecular weight excluding hydrogens is 248 g/mol. The maximum absolute atomic E-state index is 4.10. The van der Waals surface area contributed by atoms with E-state index < -0.39 is 8.80 Å². The van der Waals surface area contributed by atoms with Crippen LogP contribution < -0.4 is 0 Å². The lowest BCUT2D eigenvalue weighted by molar-refractivity contribution is 0.0936. The van der Waals surface area contributed by atoms with Crippen LogP contribution in [0.2, 0.25) is 6.55 Å². The molecule has 0 saturated heterocycles. The Kier molecular flexibility index (Phi) is 11.6. The zero-order chi connectivity index (χ0) is 14.7. The molecule has 3 heteroatoms. The first-order chi connectivity index (χ1) is 9.15. The maximum Gasteiger partial charge on any atom is 0.0948 e. The van der Waals surface area contributed by atoms with Crippen molar-refractivity contribution in [2.24, 2.45) is 0 Å². The molecule has 0 rings (SSSR count). The molecule has 0 spiro atoms. The van der Waals surface area contributed by atoms with Crippen LogP contribution in [0.4, 0.5) is 0 Å². The molecule has 19 heavy (non-hydrogen) atoms. The fraction of sp³-hybridized carbons (Fsp3) is 0.875. The SMILES string of the molecule is C=C[SiH](C)C(N(CCC)CCC)N(CCC)CCC. The highest BCUT2D eigenvalue weighted by Gasteiger charge is 2.27. The van der Waals surface area contributed by atoms with Gasteiger partial charge >= 0.3 is 0 Å². The average Bonchev–Trinajstić information content (AvgIpc) is 2.39. The molecule has 0 heterocycles. The van der Waals surface area contributed by atoms with Gasteiger partial charge in [0.25, 0.3) is 0 Å². The molecule has 0 aliphatic carbocycles. The van der Waals surface area contributed by atoms with Crippen LogP contribution in [0.5, 0.6) is 0 Å². The molecule has 0 aromatic rings. The van der Waals surface area contributed by atoms with Crippen molar-refractivity contribution in [3.63, 3.8) is 0 Å². The Bertz CT molecular complexity index is 193. The summed E-state index contributed by atoms with van der Waals surface area (Å²) in [7, 11) is -0.923. The molecular formula is C16H36N2Si. The molecule has 0 bridgehead atoms. The molecule has 114 valence electrons. The summed E-state index contributed by atoms with van der Waals surface area (Å²) in [4.78, 5) is 5.45. The summed E-state index contributed by atoms with van der Waals surface area (Å²) in [6.07, 6.45) is 5.00. The summed E-state index contributed by atoms with van der Waals surface area (Å²) in [6.45, 7) is 20.6. The molecule has 1 atom stereocenters. The van der Waals surface area contributed by atoms with Gasteiger partial charge < -0.3 is 0 Å². The Balaban J connectivity index is 5.03. The van der Waals surface area contributed by atoms with E-state index in [1.807, 2.05) is 0 Å². The first kappa shape index (κ1) is 18.9. The van der Waals surface area contributed by atoms with Crippen molar-refractivity contribution in [3.05, 3.63) is 12.3 Å². The van der Waals surface area contributed by atoms with E-state index in [0.717, 1.165) is 0 Å². The Labute approximate surface area is 123 Å². The Hall–Kier alpha value is -0.123. The predicted octanol–water partition coefficient (Wildman–Crippen LogP) is 3.68. The quantitative estimate of drug-likeness (QED) is 0.398. The van der Waals surface area contributed by atoms with Crippen LogP contribution in [-0.2, 0) is 0 Å². The highest BCUT2D eigenvalue weighted by Crippen LogP contribution is 2.14. The first-order valence-electron chi connectivity index (χ1n) is 8.26. The van der Waals surface area contributed by atoms with E-state index in [2.05, 4.69) is 56.3 Å². The van der Waals surface area contributed by atoms with Crippen molar-refractivity contribution < 1.29 is 0 Å². The molecule has 0 amide bonds. The third-order valence-electron chi connectivity index (χ3n) is 3.63. The second-order valence-electron chi connectivity index (χ2n) is 5.58. The Morgan fingerprint density at radius 2 is 1.16 bits per heavy atom. The molecule has 0 fully saturated rings. The predicted molar refractivity (Wildman–Crippen MR) is 91.3 cm³/mol. The van der Waals surface area contributed by atoms with E-state index in [4.69, 9.17) is 0 Å². The second kappa shape index (κ2) is 11.7. The van der Waals surface area contributed by atoms with Gasteiger partial charge in [0.1, 0.15) is 0 Å². The lowest BCUT2D eigenvalue weighted by atomic mass is 10.3. The van der Waals surface area contributed by atoms with Gasteiger partial charge in [-0.15, -0.1) is 12.3 Å². The van der Waals surface area contributed by atoms with Crippen LogP contribution in [0.3, 0.4) is 0 Å². The zero-order valence-electron chi connectivity index (χ0n) is 14.0. The van der Waals surface area contributed by atoms with Gasteiger partial charge in [-0.1, -0.05) is 34.2 Å². The average molecular weight is 285 g/mol. The van der Waals surface area contributed by atoms with Crippen LogP contribution in [-0.4, -0.2) is 50.6 Å². The molecule has 0 N–H and O–H groups in total. The standard InChI is InChI=1S/C16H36N2Si/c1-7-12-17(13-8-2)16(19(6)11-5)18(14-9-3)15-10-4/h11,16,19H,5,7-10,12-15H2,1-4,6H3. The Morgan fingerprint density at radius 1 is 0.842 bits per heavy atom. The maximum atomic E-state index is 4.10. The summed E-state index contributed by atoms with van der Waals surface area (Å²) in [5.41, 5.74) is 2.27. The van der Waals surface area contributed by atoms with E-state index in [-0.39, 0.29) is 0 Å². The molecule has 0 saturated carbocycles. The highest BCUT2D eigenvalue weighted by molar-refractivity contribution is 6.64. The normalized spacial score (nSPS) is 13.5. The van der Waals surface area contributed by atoms with Gasteiger partial charge in [0, 0.05) is 0 Å². The van der Waals surface area contributed by atoms with Crippen LogP contribution in [0, 0.1) is 0 Å². The van der Waals surface area contributed by atoms with Gasteiger partial charge in [-0.05, 0) is 51.9 Å². The highest BCUT2D eigenvalue weighted by atomic mass is 28.3. The van der Waals surface area contributed by atoms with Gasteiger partial charge in [0.15, 0.2) is 0 Å². The lowest BCUT2D eigenvalue weighted by Gasteiger charge is -2.42. The summed E-state index contributed by atoms with van der Waals surface area (Å²) < 4.78 is 0. The fourth-order valence-electron chi connectivity index (χ4n) is 2.92. The molecule has 0 aromatic heterocycles. The van der Waals surface area contributed by atoms with Gasteiger partial charge in [0.05, 0.1) is 14.6 Å². The molecule has 2 nitrogen and oxygen atoms in total. The fourth-order valence-corrected chi connectivity index (χ4v) is 5.09. The molecule has 1 unspecified atom stereocenters.